The number of nitrogens with zero attached hydrogens (tertiary/aromatic N) is 1. The van der Waals surface area contributed by atoms with Crippen LogP contribution in [0.2, 0.25) is 0 Å². The topological polar surface area (TPSA) is 92.4 Å². The van der Waals surface area contributed by atoms with Gasteiger partial charge in [-0.3, -0.25) is 0 Å². The smallest absolute Gasteiger partial charge is 0.217 e. The highest BCUT2D eigenvalue weighted by Gasteiger charge is 2.13. The van der Waals surface area contributed by atoms with Crippen LogP contribution in [0.1, 0.15) is 17.9 Å². The second-order valence-electron chi connectivity index (χ2n) is 3.16. The van der Waals surface area contributed by atoms with Crippen molar-refractivity contribution in [3.8, 4) is 0 Å². The molecular formula is C8H14N2O4S. The third-order valence-corrected chi connectivity index (χ3v) is 2.99. The van der Waals surface area contributed by atoms with Crippen molar-refractivity contribution in [1.82, 2.24) is 9.88 Å². The monoisotopic (exact) mass is 234 g/mol. The molecule has 0 atom stereocenters. The molecule has 0 saturated carbocycles. The SMILES string of the molecule is Cc1cc(CS(=O)(=O)NCCCO)no1. The third kappa shape index (κ3) is 4.41. The van der Waals surface area contributed by atoms with Crippen LogP contribution in [0, 0.1) is 6.92 Å². The van der Waals surface area contributed by atoms with E-state index < -0.39 is 10.0 Å². The zero-order valence-electron chi connectivity index (χ0n) is 8.43. The van der Waals surface area contributed by atoms with E-state index in [0.717, 1.165) is 0 Å². The lowest BCUT2D eigenvalue weighted by molar-refractivity contribution is 0.289. The third-order valence-electron chi connectivity index (χ3n) is 1.67. The number of aliphatic hydroxyl groups is 1. The molecule has 1 aromatic heterocycles. The highest BCUT2D eigenvalue weighted by atomic mass is 32.2. The number of hydrogen-bond donors (Lipinski definition) is 2. The number of hydrogen-bond acceptors (Lipinski definition) is 5. The molecule has 0 fully saturated rings. The van der Waals surface area contributed by atoms with Crippen LogP contribution in [0.25, 0.3) is 0 Å². The van der Waals surface area contributed by atoms with Gasteiger partial charge in [-0.05, 0) is 13.3 Å². The molecule has 86 valence electrons. The van der Waals surface area contributed by atoms with E-state index in [0.29, 0.717) is 17.9 Å². The molecule has 0 aromatic carbocycles. The molecule has 0 saturated heterocycles. The van der Waals surface area contributed by atoms with Crippen LogP contribution in [0.4, 0.5) is 0 Å². The highest BCUT2D eigenvalue weighted by molar-refractivity contribution is 7.88. The fourth-order valence-corrected chi connectivity index (χ4v) is 2.12. The average molecular weight is 234 g/mol. The van der Waals surface area contributed by atoms with Crippen LogP contribution in [0.5, 0.6) is 0 Å². The maximum absolute atomic E-state index is 11.4. The largest absolute Gasteiger partial charge is 0.396 e. The zero-order valence-corrected chi connectivity index (χ0v) is 9.25. The fraction of sp³-hybridized carbons (Fsp3) is 0.625. The minimum Gasteiger partial charge on any atom is -0.396 e. The fourth-order valence-electron chi connectivity index (χ4n) is 1.04. The Kier molecular flexibility index (Phi) is 4.25. The van der Waals surface area contributed by atoms with Crippen LogP contribution < -0.4 is 4.72 Å². The van der Waals surface area contributed by atoms with E-state index in [4.69, 9.17) is 9.63 Å². The summed E-state index contributed by atoms with van der Waals surface area (Å²) in [7, 11) is -3.38. The Bertz CT molecular complexity index is 399. The summed E-state index contributed by atoms with van der Waals surface area (Å²) in [6, 6.07) is 1.57. The van der Waals surface area contributed by atoms with Gasteiger partial charge in [0.15, 0.2) is 0 Å². The summed E-state index contributed by atoms with van der Waals surface area (Å²) in [5.74, 6) is 0.381. The van der Waals surface area contributed by atoms with Crippen LogP contribution in [-0.4, -0.2) is 31.8 Å². The summed E-state index contributed by atoms with van der Waals surface area (Å²) in [6.45, 7) is 1.89. The number of aromatic nitrogens is 1. The van der Waals surface area contributed by atoms with E-state index in [1.165, 1.54) is 0 Å². The second-order valence-corrected chi connectivity index (χ2v) is 4.97. The first-order valence-electron chi connectivity index (χ1n) is 4.54. The van der Waals surface area contributed by atoms with Gasteiger partial charge in [0.2, 0.25) is 10.0 Å². The average Bonchev–Trinajstić information content (AvgIpc) is 2.50. The molecular weight excluding hydrogens is 220 g/mol. The molecule has 0 spiro atoms. The van der Waals surface area contributed by atoms with Crippen LogP contribution >= 0.6 is 0 Å². The number of nitrogens with one attached hydrogen (secondary N) is 1. The molecule has 0 radical (unpaired) electrons. The van der Waals surface area contributed by atoms with Gasteiger partial charge in [-0.15, -0.1) is 0 Å². The Morgan fingerprint density at radius 2 is 2.33 bits per heavy atom. The number of aryl methyl sites for hydroxylation is 1. The van der Waals surface area contributed by atoms with Crippen LogP contribution in [-0.2, 0) is 15.8 Å². The van der Waals surface area contributed by atoms with Crippen molar-refractivity contribution in [2.45, 2.75) is 19.1 Å². The van der Waals surface area contributed by atoms with Crippen LogP contribution in [0.3, 0.4) is 0 Å². The molecule has 0 unspecified atom stereocenters. The lowest BCUT2D eigenvalue weighted by Crippen LogP contribution is -2.26. The molecule has 7 heteroatoms. The number of rotatable bonds is 6. The Hall–Kier alpha value is -0.920. The first-order valence-corrected chi connectivity index (χ1v) is 6.19. The summed E-state index contributed by atoms with van der Waals surface area (Å²) in [5, 5.41) is 12.1. The maximum Gasteiger partial charge on any atom is 0.217 e. The van der Waals surface area contributed by atoms with E-state index in [1.54, 1.807) is 13.0 Å². The van der Waals surface area contributed by atoms with Gasteiger partial charge in [-0.25, -0.2) is 13.1 Å². The van der Waals surface area contributed by atoms with E-state index in [1.807, 2.05) is 0 Å². The predicted octanol–water partition coefficient (Wildman–Crippen LogP) is -0.215. The molecule has 6 nitrogen and oxygen atoms in total. The normalized spacial score (nSPS) is 11.9. The van der Waals surface area contributed by atoms with Crippen molar-refractivity contribution in [3.05, 3.63) is 17.5 Å². The van der Waals surface area contributed by atoms with Gasteiger partial charge >= 0.3 is 0 Å². The van der Waals surface area contributed by atoms with Gasteiger partial charge in [0.05, 0.1) is 0 Å². The van der Waals surface area contributed by atoms with E-state index >= 15 is 0 Å². The quantitative estimate of drug-likeness (QED) is 0.664. The summed E-state index contributed by atoms with van der Waals surface area (Å²) in [6.07, 6.45) is 0.400. The molecule has 0 aliphatic carbocycles. The Morgan fingerprint density at radius 3 is 2.87 bits per heavy atom. The molecule has 0 aliphatic rings. The molecule has 0 amide bonds. The zero-order chi connectivity index (χ0) is 11.3. The molecule has 1 heterocycles. The molecule has 15 heavy (non-hydrogen) atoms. The van der Waals surface area contributed by atoms with Gasteiger partial charge < -0.3 is 9.63 Å². The first-order chi connectivity index (χ1) is 7.03. The summed E-state index contributed by atoms with van der Waals surface area (Å²) >= 11 is 0. The molecule has 0 bridgehead atoms. The minimum absolute atomic E-state index is 0.0361. The predicted molar refractivity (Wildman–Crippen MR) is 53.6 cm³/mol. The van der Waals surface area contributed by atoms with Crippen molar-refractivity contribution in [2.75, 3.05) is 13.2 Å². The summed E-state index contributed by atoms with van der Waals surface area (Å²) in [5.41, 5.74) is 0.379. The lowest BCUT2D eigenvalue weighted by Gasteiger charge is -2.02. The Balaban J connectivity index is 2.49. The highest BCUT2D eigenvalue weighted by Crippen LogP contribution is 2.05. The first kappa shape index (κ1) is 12.2. The van der Waals surface area contributed by atoms with Crippen molar-refractivity contribution < 1.29 is 18.0 Å². The van der Waals surface area contributed by atoms with E-state index in [-0.39, 0.29) is 18.9 Å². The van der Waals surface area contributed by atoms with Crippen molar-refractivity contribution >= 4 is 10.0 Å². The van der Waals surface area contributed by atoms with Crippen molar-refractivity contribution in [1.29, 1.82) is 0 Å². The minimum atomic E-state index is -3.38. The summed E-state index contributed by atoms with van der Waals surface area (Å²) in [4.78, 5) is 0. The van der Waals surface area contributed by atoms with Gasteiger partial charge in [-0.2, -0.15) is 0 Å². The Labute approximate surface area is 88.3 Å². The Morgan fingerprint density at radius 1 is 1.60 bits per heavy atom. The molecule has 0 aliphatic heterocycles. The van der Waals surface area contributed by atoms with Gasteiger partial charge in [-0.1, -0.05) is 5.16 Å². The van der Waals surface area contributed by atoms with Crippen molar-refractivity contribution in [2.24, 2.45) is 0 Å². The summed E-state index contributed by atoms with van der Waals surface area (Å²) < 4.78 is 29.9. The van der Waals surface area contributed by atoms with Gasteiger partial charge in [0, 0.05) is 19.2 Å². The molecule has 2 N–H and O–H groups in total. The van der Waals surface area contributed by atoms with Crippen molar-refractivity contribution in [3.63, 3.8) is 0 Å². The molecule has 1 aromatic rings. The van der Waals surface area contributed by atoms with Crippen LogP contribution in [0.15, 0.2) is 10.6 Å². The van der Waals surface area contributed by atoms with Gasteiger partial charge in [0.25, 0.3) is 0 Å². The standard InChI is InChI=1S/C8H14N2O4S/c1-7-5-8(10-14-7)6-15(12,13)9-3-2-4-11/h5,9,11H,2-4,6H2,1H3. The van der Waals surface area contributed by atoms with E-state index in [9.17, 15) is 8.42 Å². The molecule has 1 rings (SSSR count). The number of aliphatic hydroxyl groups excluding tert-OH is 1. The number of sulfonamides is 1. The second kappa shape index (κ2) is 5.24. The van der Waals surface area contributed by atoms with E-state index in [2.05, 4.69) is 9.88 Å². The maximum atomic E-state index is 11.4. The lowest BCUT2D eigenvalue weighted by atomic mass is 10.4. The van der Waals surface area contributed by atoms with Gasteiger partial charge in [0.1, 0.15) is 17.2 Å².